The van der Waals surface area contributed by atoms with Crippen LogP contribution < -0.4 is 0 Å². The Morgan fingerprint density at radius 3 is 2.64 bits per heavy atom. The smallest absolute Gasteiger partial charge is 0.148 e. The van der Waals surface area contributed by atoms with Crippen molar-refractivity contribution in [2.24, 2.45) is 0 Å². The van der Waals surface area contributed by atoms with Gasteiger partial charge in [-0.05, 0) is 12.1 Å². The molecule has 2 rings (SSSR count). The average Bonchev–Trinajstić information content (AvgIpc) is 2.23. The number of nitrogens with zero attached hydrogens (tertiary/aromatic N) is 2. The molecular formula is C10H6Cl2N2. The molecule has 0 aliphatic rings. The van der Waals surface area contributed by atoms with E-state index in [1.165, 1.54) is 0 Å². The second-order valence-electron chi connectivity index (χ2n) is 2.71. The number of aromatic nitrogens is 2. The monoisotopic (exact) mass is 224 g/mol. The number of pyridine rings is 2. The molecule has 0 aromatic carbocycles. The lowest BCUT2D eigenvalue weighted by Gasteiger charge is -2.03. The molecule has 0 aliphatic carbocycles. The molecule has 2 aromatic rings. The van der Waals surface area contributed by atoms with Crippen LogP contribution in [-0.4, -0.2) is 9.97 Å². The molecule has 0 aliphatic heterocycles. The van der Waals surface area contributed by atoms with Gasteiger partial charge in [0.2, 0.25) is 0 Å². The highest BCUT2D eigenvalue weighted by molar-refractivity contribution is 6.42. The van der Waals surface area contributed by atoms with Gasteiger partial charge in [-0.3, -0.25) is 4.98 Å². The van der Waals surface area contributed by atoms with E-state index in [0.29, 0.717) is 10.2 Å². The molecule has 0 amide bonds. The van der Waals surface area contributed by atoms with Gasteiger partial charge in [0.15, 0.2) is 0 Å². The summed E-state index contributed by atoms with van der Waals surface area (Å²) in [4.78, 5) is 7.89. The minimum atomic E-state index is 0.313. The number of hydrogen-bond acceptors (Lipinski definition) is 2. The molecule has 14 heavy (non-hydrogen) atoms. The standard InChI is InChI=1S/C10H6Cl2N2/c11-9-8(3-5-14-10(9)12)7-2-1-4-13-6-7/h1-6H. The zero-order chi connectivity index (χ0) is 9.97. The van der Waals surface area contributed by atoms with E-state index in [2.05, 4.69) is 9.97 Å². The maximum atomic E-state index is 6.01. The maximum Gasteiger partial charge on any atom is 0.148 e. The van der Waals surface area contributed by atoms with E-state index in [1.807, 2.05) is 18.2 Å². The Morgan fingerprint density at radius 1 is 1.07 bits per heavy atom. The fourth-order valence-electron chi connectivity index (χ4n) is 1.16. The van der Waals surface area contributed by atoms with Gasteiger partial charge in [0.1, 0.15) is 5.15 Å². The molecular weight excluding hydrogens is 219 g/mol. The van der Waals surface area contributed by atoms with Gasteiger partial charge >= 0.3 is 0 Å². The van der Waals surface area contributed by atoms with Crippen molar-refractivity contribution in [3.05, 3.63) is 47.0 Å². The van der Waals surface area contributed by atoms with Crippen LogP contribution in [0, 0.1) is 0 Å². The van der Waals surface area contributed by atoms with Crippen molar-refractivity contribution in [3.63, 3.8) is 0 Å². The first-order chi connectivity index (χ1) is 6.79. The van der Waals surface area contributed by atoms with Gasteiger partial charge in [-0.25, -0.2) is 4.98 Å². The second kappa shape index (κ2) is 3.95. The third-order valence-electron chi connectivity index (χ3n) is 1.82. The van der Waals surface area contributed by atoms with Gasteiger partial charge in [0.05, 0.1) is 5.02 Å². The second-order valence-corrected chi connectivity index (χ2v) is 3.44. The molecule has 0 bridgehead atoms. The molecule has 0 saturated heterocycles. The topological polar surface area (TPSA) is 25.8 Å². The van der Waals surface area contributed by atoms with Crippen LogP contribution in [0.4, 0.5) is 0 Å². The largest absolute Gasteiger partial charge is 0.264 e. The van der Waals surface area contributed by atoms with Crippen molar-refractivity contribution < 1.29 is 0 Å². The van der Waals surface area contributed by atoms with E-state index in [1.54, 1.807) is 18.6 Å². The summed E-state index contributed by atoms with van der Waals surface area (Å²) in [5.74, 6) is 0. The first kappa shape index (κ1) is 9.44. The molecule has 0 N–H and O–H groups in total. The van der Waals surface area contributed by atoms with E-state index >= 15 is 0 Å². The Kier molecular flexibility index (Phi) is 2.66. The molecule has 0 unspecified atom stereocenters. The van der Waals surface area contributed by atoms with Gasteiger partial charge in [-0.15, -0.1) is 0 Å². The van der Waals surface area contributed by atoms with Gasteiger partial charge in [-0.2, -0.15) is 0 Å². The fraction of sp³-hybridized carbons (Fsp3) is 0. The van der Waals surface area contributed by atoms with Crippen molar-refractivity contribution in [3.8, 4) is 11.1 Å². The Bertz CT molecular complexity index is 443. The van der Waals surface area contributed by atoms with E-state index in [4.69, 9.17) is 23.2 Å². The highest BCUT2D eigenvalue weighted by Gasteiger charge is 2.06. The van der Waals surface area contributed by atoms with Gasteiger partial charge in [0, 0.05) is 29.7 Å². The Labute approximate surface area is 91.5 Å². The van der Waals surface area contributed by atoms with Crippen LogP contribution in [0.3, 0.4) is 0 Å². The third kappa shape index (κ3) is 1.72. The number of hydrogen-bond donors (Lipinski definition) is 0. The number of halogens is 2. The van der Waals surface area contributed by atoms with Crippen LogP contribution in [0.2, 0.25) is 10.2 Å². The highest BCUT2D eigenvalue weighted by atomic mass is 35.5. The SMILES string of the molecule is Clc1nccc(-c2cccnc2)c1Cl. The quantitative estimate of drug-likeness (QED) is 0.694. The molecule has 0 fully saturated rings. The molecule has 4 heteroatoms. The zero-order valence-corrected chi connectivity index (χ0v) is 8.63. The van der Waals surface area contributed by atoms with Crippen molar-refractivity contribution >= 4 is 23.2 Å². The van der Waals surface area contributed by atoms with Crippen molar-refractivity contribution in [1.82, 2.24) is 9.97 Å². The van der Waals surface area contributed by atoms with Gasteiger partial charge < -0.3 is 0 Å². The summed E-state index contributed by atoms with van der Waals surface area (Å²) in [5.41, 5.74) is 1.78. The van der Waals surface area contributed by atoms with Crippen LogP contribution in [0.5, 0.6) is 0 Å². The van der Waals surface area contributed by atoms with Crippen molar-refractivity contribution in [2.45, 2.75) is 0 Å². The Morgan fingerprint density at radius 2 is 1.93 bits per heavy atom. The first-order valence-electron chi connectivity index (χ1n) is 3.99. The minimum Gasteiger partial charge on any atom is -0.264 e. The molecule has 70 valence electrons. The van der Waals surface area contributed by atoms with Crippen molar-refractivity contribution in [2.75, 3.05) is 0 Å². The summed E-state index contributed by atoms with van der Waals surface area (Å²) >= 11 is 11.8. The minimum absolute atomic E-state index is 0.313. The van der Waals surface area contributed by atoms with E-state index in [-0.39, 0.29) is 0 Å². The van der Waals surface area contributed by atoms with E-state index < -0.39 is 0 Å². The van der Waals surface area contributed by atoms with Crippen LogP contribution in [0.25, 0.3) is 11.1 Å². The summed E-state index contributed by atoms with van der Waals surface area (Å²) in [6.45, 7) is 0. The molecule has 2 nitrogen and oxygen atoms in total. The zero-order valence-electron chi connectivity index (χ0n) is 7.11. The summed E-state index contributed by atoms with van der Waals surface area (Å²) in [5, 5.41) is 0.773. The molecule has 0 radical (unpaired) electrons. The lowest BCUT2D eigenvalue weighted by molar-refractivity contribution is 1.30. The van der Waals surface area contributed by atoms with Crippen LogP contribution in [0.1, 0.15) is 0 Å². The van der Waals surface area contributed by atoms with Gasteiger partial charge in [-0.1, -0.05) is 29.3 Å². The predicted molar refractivity (Wildman–Crippen MR) is 57.5 cm³/mol. The van der Waals surface area contributed by atoms with Crippen LogP contribution in [0.15, 0.2) is 36.8 Å². The lowest BCUT2D eigenvalue weighted by Crippen LogP contribution is -1.83. The average molecular weight is 225 g/mol. The maximum absolute atomic E-state index is 6.01. The van der Waals surface area contributed by atoms with Gasteiger partial charge in [0.25, 0.3) is 0 Å². The molecule has 0 atom stereocenters. The first-order valence-corrected chi connectivity index (χ1v) is 4.75. The summed E-state index contributed by atoms with van der Waals surface area (Å²) in [6, 6.07) is 5.58. The molecule has 0 saturated carbocycles. The highest BCUT2D eigenvalue weighted by Crippen LogP contribution is 2.31. The third-order valence-corrected chi connectivity index (χ3v) is 2.59. The van der Waals surface area contributed by atoms with E-state index in [9.17, 15) is 0 Å². The molecule has 0 spiro atoms. The molecule has 2 aromatic heterocycles. The van der Waals surface area contributed by atoms with Crippen molar-refractivity contribution in [1.29, 1.82) is 0 Å². The van der Waals surface area contributed by atoms with Crippen LogP contribution >= 0.6 is 23.2 Å². The Hall–Kier alpha value is -1.12. The summed E-state index contributed by atoms with van der Waals surface area (Å²) in [6.07, 6.45) is 5.06. The summed E-state index contributed by atoms with van der Waals surface area (Å²) < 4.78 is 0. The van der Waals surface area contributed by atoms with Crippen LogP contribution in [-0.2, 0) is 0 Å². The van der Waals surface area contributed by atoms with E-state index in [0.717, 1.165) is 11.1 Å². The lowest BCUT2D eigenvalue weighted by atomic mass is 10.1. The molecule has 2 heterocycles. The fourth-order valence-corrected chi connectivity index (χ4v) is 1.54. The Balaban J connectivity index is 2.58. The predicted octanol–water partition coefficient (Wildman–Crippen LogP) is 3.45. The number of rotatable bonds is 1. The normalized spacial score (nSPS) is 10.1. The summed E-state index contributed by atoms with van der Waals surface area (Å²) in [7, 11) is 0.